The van der Waals surface area contributed by atoms with Gasteiger partial charge in [-0.05, 0) is 93.7 Å². The summed E-state index contributed by atoms with van der Waals surface area (Å²) in [6, 6.07) is 6.65. The number of piperazine rings is 1. The van der Waals surface area contributed by atoms with Crippen molar-refractivity contribution < 1.29 is 14.7 Å². The fraction of sp³-hybridized carbons (Fsp3) is 0.656. The third kappa shape index (κ3) is 3.77. The van der Waals surface area contributed by atoms with Crippen molar-refractivity contribution in [3.63, 3.8) is 0 Å². The van der Waals surface area contributed by atoms with Gasteiger partial charge in [0, 0.05) is 55.8 Å². The molecular formula is C32H43N5O3. The quantitative estimate of drug-likeness (QED) is 0.622. The second kappa shape index (κ2) is 8.81. The van der Waals surface area contributed by atoms with Crippen LogP contribution in [-0.2, 0) is 17.8 Å². The van der Waals surface area contributed by atoms with Crippen molar-refractivity contribution in [2.75, 3.05) is 37.7 Å². The van der Waals surface area contributed by atoms with E-state index in [1.54, 1.807) is 0 Å². The number of aryl methyl sites for hydroxylation is 1. The van der Waals surface area contributed by atoms with Crippen molar-refractivity contribution in [2.45, 2.75) is 84.3 Å². The smallest absolute Gasteiger partial charge is 0.274 e. The highest BCUT2D eigenvalue weighted by molar-refractivity contribution is 5.95. The van der Waals surface area contributed by atoms with Crippen LogP contribution in [0.4, 0.5) is 5.69 Å². The Kier molecular flexibility index (Phi) is 5.74. The van der Waals surface area contributed by atoms with Crippen molar-refractivity contribution in [1.82, 2.24) is 19.6 Å². The molecule has 8 nitrogen and oxygen atoms in total. The van der Waals surface area contributed by atoms with Crippen LogP contribution >= 0.6 is 0 Å². The summed E-state index contributed by atoms with van der Waals surface area (Å²) in [6.45, 7) is 14.2. The zero-order valence-electron chi connectivity index (χ0n) is 24.6. The lowest BCUT2D eigenvalue weighted by atomic mass is 9.60. The molecule has 2 amide bonds. The third-order valence-electron chi connectivity index (χ3n) is 11.3. The summed E-state index contributed by atoms with van der Waals surface area (Å²) in [5.41, 5.74) is 6.35. The molecule has 1 aromatic heterocycles. The Morgan fingerprint density at radius 3 is 2.58 bits per heavy atom. The number of piperidine rings is 2. The SMILES string of the molecule is Cc1cccc(N2CCN(C(=O)Cn3nc(C(=O)N4CCC5(CO)CC4C5)c4c3CC3C(C)C43)C(C)(C)C2)c1C. The molecule has 3 aliphatic heterocycles. The van der Waals surface area contributed by atoms with Crippen LogP contribution in [-0.4, -0.2) is 80.9 Å². The number of benzene rings is 1. The molecule has 3 aliphatic carbocycles. The van der Waals surface area contributed by atoms with Crippen molar-refractivity contribution in [2.24, 2.45) is 17.3 Å². The van der Waals surface area contributed by atoms with E-state index >= 15 is 0 Å². The summed E-state index contributed by atoms with van der Waals surface area (Å²) < 4.78 is 1.87. The third-order valence-corrected chi connectivity index (χ3v) is 11.3. The summed E-state index contributed by atoms with van der Waals surface area (Å²) >= 11 is 0. The van der Waals surface area contributed by atoms with Gasteiger partial charge in [0.05, 0.1) is 5.54 Å². The number of nitrogens with zero attached hydrogens (tertiary/aromatic N) is 5. The molecule has 8 heteroatoms. The van der Waals surface area contributed by atoms with Gasteiger partial charge in [-0.2, -0.15) is 5.10 Å². The first-order valence-electron chi connectivity index (χ1n) is 15.2. The van der Waals surface area contributed by atoms with Gasteiger partial charge in [0.15, 0.2) is 5.69 Å². The molecule has 4 heterocycles. The van der Waals surface area contributed by atoms with Crippen LogP contribution in [0.1, 0.15) is 78.8 Å². The van der Waals surface area contributed by atoms with E-state index in [4.69, 9.17) is 5.10 Å². The number of hydrogen-bond acceptors (Lipinski definition) is 5. The Bertz CT molecular complexity index is 1380. The molecule has 3 unspecified atom stereocenters. The fourth-order valence-electron chi connectivity index (χ4n) is 8.55. The van der Waals surface area contributed by atoms with Gasteiger partial charge in [-0.25, -0.2) is 0 Å². The van der Waals surface area contributed by atoms with Gasteiger partial charge in [0.2, 0.25) is 5.91 Å². The number of rotatable bonds is 5. The van der Waals surface area contributed by atoms with E-state index in [9.17, 15) is 14.7 Å². The zero-order valence-corrected chi connectivity index (χ0v) is 24.6. The monoisotopic (exact) mass is 545 g/mol. The summed E-state index contributed by atoms with van der Waals surface area (Å²) in [7, 11) is 0. The number of aliphatic hydroxyl groups excluding tert-OH is 1. The van der Waals surface area contributed by atoms with Crippen molar-refractivity contribution in [3.8, 4) is 0 Å². The minimum atomic E-state index is -0.325. The number of carbonyl (C=O) groups excluding carboxylic acids is 2. The molecule has 1 aromatic carbocycles. The highest BCUT2D eigenvalue weighted by atomic mass is 16.3. The maximum absolute atomic E-state index is 13.9. The maximum atomic E-state index is 13.9. The normalized spacial score (nSPS) is 31.5. The molecule has 6 aliphatic rings. The second-order valence-corrected chi connectivity index (χ2v) is 14.1. The molecule has 1 N–H and O–H groups in total. The summed E-state index contributed by atoms with van der Waals surface area (Å²) in [5, 5.41) is 14.7. The number of fused-ring (bicyclic) bond motifs is 5. The largest absolute Gasteiger partial charge is 0.396 e. The lowest BCUT2D eigenvalue weighted by Gasteiger charge is -2.56. The molecule has 2 aromatic rings. The summed E-state index contributed by atoms with van der Waals surface area (Å²) in [4.78, 5) is 34.1. The molecule has 3 atom stereocenters. The van der Waals surface area contributed by atoms with Crippen LogP contribution in [0.5, 0.6) is 0 Å². The van der Waals surface area contributed by atoms with Crippen LogP contribution in [0.2, 0.25) is 0 Å². The fourth-order valence-corrected chi connectivity index (χ4v) is 8.55. The molecule has 2 bridgehead atoms. The summed E-state index contributed by atoms with van der Waals surface area (Å²) in [6.07, 6.45) is 3.55. The molecule has 0 spiro atoms. The molecule has 5 fully saturated rings. The Hall–Kier alpha value is -2.87. The molecule has 3 saturated heterocycles. The molecule has 214 valence electrons. The highest BCUT2D eigenvalue weighted by Gasteiger charge is 2.58. The van der Waals surface area contributed by atoms with Crippen LogP contribution in [0.15, 0.2) is 18.2 Å². The first kappa shape index (κ1) is 26.1. The van der Waals surface area contributed by atoms with E-state index in [0.717, 1.165) is 50.0 Å². The average Bonchev–Trinajstić information content (AvgIpc) is 3.21. The standard InChI is InChI=1S/C32H43N5O3/c1-19-7-6-8-24(20(19)2)34-11-12-36(31(4,5)17-34)26(39)16-37-25-13-23-21(3)27(23)28(25)29(33-37)30(40)35-10-9-32(18-38)14-22(35)15-32/h6-8,21-23,27,38H,9-18H2,1-5H3. The van der Waals surface area contributed by atoms with Gasteiger partial charge in [-0.3, -0.25) is 14.3 Å². The van der Waals surface area contributed by atoms with E-state index < -0.39 is 0 Å². The average molecular weight is 546 g/mol. The molecule has 8 rings (SSSR count). The molecule has 40 heavy (non-hydrogen) atoms. The van der Waals surface area contributed by atoms with Gasteiger partial charge >= 0.3 is 0 Å². The van der Waals surface area contributed by atoms with E-state index in [0.29, 0.717) is 36.5 Å². The van der Waals surface area contributed by atoms with Crippen LogP contribution in [0, 0.1) is 31.1 Å². The number of carbonyl (C=O) groups is 2. The zero-order chi connectivity index (χ0) is 28.1. The molecule has 0 radical (unpaired) electrons. The van der Waals surface area contributed by atoms with Crippen molar-refractivity contribution in [1.29, 1.82) is 0 Å². The lowest BCUT2D eigenvalue weighted by molar-refractivity contribution is -0.138. The van der Waals surface area contributed by atoms with Gasteiger partial charge in [-0.15, -0.1) is 0 Å². The Morgan fingerprint density at radius 1 is 1.12 bits per heavy atom. The minimum Gasteiger partial charge on any atom is -0.396 e. The van der Waals surface area contributed by atoms with Crippen LogP contribution < -0.4 is 4.90 Å². The van der Waals surface area contributed by atoms with Crippen LogP contribution in [0.25, 0.3) is 0 Å². The Labute approximate surface area is 237 Å². The number of aromatic nitrogens is 2. The van der Waals surface area contributed by atoms with Gasteiger partial charge in [0.25, 0.3) is 5.91 Å². The van der Waals surface area contributed by atoms with Gasteiger partial charge in [0.1, 0.15) is 6.54 Å². The van der Waals surface area contributed by atoms with Crippen LogP contribution in [0.3, 0.4) is 0 Å². The maximum Gasteiger partial charge on any atom is 0.274 e. The first-order valence-corrected chi connectivity index (χ1v) is 15.2. The highest BCUT2D eigenvalue weighted by Crippen LogP contribution is 2.62. The topological polar surface area (TPSA) is 81.9 Å². The number of amides is 2. The van der Waals surface area contributed by atoms with Crippen molar-refractivity contribution in [3.05, 3.63) is 46.3 Å². The van der Waals surface area contributed by atoms with Gasteiger partial charge < -0.3 is 19.8 Å². The van der Waals surface area contributed by atoms with E-state index in [2.05, 4.69) is 57.7 Å². The van der Waals surface area contributed by atoms with Gasteiger partial charge in [-0.1, -0.05) is 19.1 Å². The van der Waals surface area contributed by atoms with E-state index in [1.165, 1.54) is 16.8 Å². The number of hydrogen-bond donors (Lipinski definition) is 1. The van der Waals surface area contributed by atoms with Crippen molar-refractivity contribution >= 4 is 17.5 Å². The predicted molar refractivity (Wildman–Crippen MR) is 153 cm³/mol. The first-order chi connectivity index (χ1) is 19.0. The summed E-state index contributed by atoms with van der Waals surface area (Å²) in [5.74, 6) is 1.66. The lowest BCUT2D eigenvalue weighted by Crippen LogP contribution is -2.62. The Balaban J connectivity index is 1.10. The van der Waals surface area contributed by atoms with E-state index in [-0.39, 0.29) is 42.0 Å². The Morgan fingerprint density at radius 2 is 1.90 bits per heavy atom. The number of aliphatic hydroxyl groups is 1. The molecule has 2 saturated carbocycles. The minimum absolute atomic E-state index is 0.0279. The second-order valence-electron chi connectivity index (χ2n) is 14.1. The molecular weight excluding hydrogens is 502 g/mol. The van der Waals surface area contributed by atoms with E-state index in [1.807, 2.05) is 14.5 Å². The predicted octanol–water partition coefficient (Wildman–Crippen LogP) is 3.52. The number of anilines is 1.